The summed E-state index contributed by atoms with van der Waals surface area (Å²) in [5.74, 6) is -1.14. The molecule has 0 aliphatic rings. The van der Waals surface area contributed by atoms with E-state index < -0.39 is 18.6 Å². The highest BCUT2D eigenvalue weighted by atomic mass is 16.6. The zero-order valence-electron chi connectivity index (χ0n) is 22.2. The van der Waals surface area contributed by atoms with Crippen molar-refractivity contribution in [2.75, 3.05) is 11.4 Å². The zero-order chi connectivity index (χ0) is 29.1. The largest absolute Gasteiger partial charge is 0.480 e. The van der Waals surface area contributed by atoms with Crippen molar-refractivity contribution in [3.05, 3.63) is 101 Å². The predicted octanol–water partition coefficient (Wildman–Crippen LogP) is 5.21. The molecule has 0 unspecified atom stereocenters. The molecule has 0 saturated carbocycles. The van der Waals surface area contributed by atoms with Crippen LogP contribution in [0.4, 0.5) is 10.5 Å². The average molecular weight is 550 g/mol. The summed E-state index contributed by atoms with van der Waals surface area (Å²) in [6, 6.07) is 20.8. The van der Waals surface area contributed by atoms with Crippen molar-refractivity contribution >= 4 is 51.2 Å². The number of carboxylic acid groups (broad SMARTS) is 1. The number of aromatic amines is 1. The van der Waals surface area contributed by atoms with Gasteiger partial charge in [0.05, 0.1) is 11.2 Å². The van der Waals surface area contributed by atoms with Gasteiger partial charge in [0.25, 0.3) is 0 Å². The number of hydrogen-bond acceptors (Lipinski definition) is 6. The summed E-state index contributed by atoms with van der Waals surface area (Å²) < 4.78 is 5.64. The molecule has 0 bridgehead atoms. The molecule has 2 aromatic heterocycles. The quantitative estimate of drug-likeness (QED) is 0.111. The molecule has 41 heavy (non-hydrogen) atoms. The maximum absolute atomic E-state index is 13.3. The number of fused-ring (bicyclic) bond motifs is 2. The van der Waals surface area contributed by atoms with Crippen molar-refractivity contribution in [1.29, 1.82) is 5.41 Å². The minimum atomic E-state index is -1.21. The number of pyridine rings is 1. The molecule has 0 spiro atoms. The van der Waals surface area contributed by atoms with Crippen LogP contribution in [0.2, 0.25) is 0 Å². The SMILES string of the molecule is Cc1[nH]c2ccc(OC(=O)N(CC(=O)O)c3cccc4cccnc34)cc2c1C(=O)CCc1ccc(C(=N)N)cc1. The Hall–Kier alpha value is -5.51. The van der Waals surface area contributed by atoms with Gasteiger partial charge in [-0.3, -0.25) is 24.9 Å². The van der Waals surface area contributed by atoms with E-state index in [1.807, 2.05) is 31.2 Å². The van der Waals surface area contributed by atoms with Crippen molar-refractivity contribution in [3.63, 3.8) is 0 Å². The lowest BCUT2D eigenvalue weighted by Gasteiger charge is -2.21. The van der Waals surface area contributed by atoms with Crippen molar-refractivity contribution < 1.29 is 24.2 Å². The molecular formula is C31H27N5O5. The van der Waals surface area contributed by atoms with E-state index in [2.05, 4.69) is 9.97 Å². The molecule has 1 amide bonds. The van der Waals surface area contributed by atoms with Gasteiger partial charge in [0.2, 0.25) is 0 Å². The topological polar surface area (TPSA) is 162 Å². The van der Waals surface area contributed by atoms with Crippen molar-refractivity contribution in [3.8, 4) is 5.75 Å². The minimum Gasteiger partial charge on any atom is -0.480 e. The number of amidine groups is 1. The number of H-pyrrole nitrogens is 1. The lowest BCUT2D eigenvalue weighted by Crippen LogP contribution is -2.38. The molecule has 0 aliphatic carbocycles. The number of aryl methyl sites for hydroxylation is 2. The Morgan fingerprint density at radius 1 is 1.05 bits per heavy atom. The maximum Gasteiger partial charge on any atom is 0.420 e. The number of carbonyl (C=O) groups excluding carboxylic acids is 2. The summed E-state index contributed by atoms with van der Waals surface area (Å²) in [5.41, 5.74) is 9.74. The van der Waals surface area contributed by atoms with Crippen LogP contribution < -0.4 is 15.4 Å². The number of aliphatic carboxylic acids is 1. The number of carboxylic acids is 1. The highest BCUT2D eigenvalue weighted by molar-refractivity contribution is 6.10. The monoisotopic (exact) mass is 549 g/mol. The van der Waals surface area contributed by atoms with Crippen LogP contribution in [0.25, 0.3) is 21.8 Å². The van der Waals surface area contributed by atoms with Gasteiger partial charge in [0, 0.05) is 45.7 Å². The molecule has 3 aromatic carbocycles. The van der Waals surface area contributed by atoms with Gasteiger partial charge in [-0.25, -0.2) is 4.79 Å². The van der Waals surface area contributed by atoms with Crippen molar-refractivity contribution in [1.82, 2.24) is 9.97 Å². The van der Waals surface area contributed by atoms with Crippen LogP contribution in [-0.2, 0) is 11.2 Å². The van der Waals surface area contributed by atoms with E-state index in [0.29, 0.717) is 45.3 Å². The Labute approximate surface area is 234 Å². The number of rotatable bonds is 9. The lowest BCUT2D eigenvalue weighted by atomic mass is 9.99. The minimum absolute atomic E-state index is 0.0154. The second-order valence-corrected chi connectivity index (χ2v) is 9.57. The first-order valence-electron chi connectivity index (χ1n) is 12.8. The molecule has 10 nitrogen and oxygen atoms in total. The fourth-order valence-electron chi connectivity index (χ4n) is 4.81. The average Bonchev–Trinajstić information content (AvgIpc) is 3.29. The summed E-state index contributed by atoms with van der Waals surface area (Å²) in [6.07, 6.45) is 1.43. The van der Waals surface area contributed by atoms with E-state index in [-0.39, 0.29) is 23.8 Å². The van der Waals surface area contributed by atoms with E-state index in [1.165, 1.54) is 0 Å². The first-order valence-corrected chi connectivity index (χ1v) is 12.8. The first kappa shape index (κ1) is 27.1. The van der Waals surface area contributed by atoms with Crippen molar-refractivity contribution in [2.45, 2.75) is 19.8 Å². The van der Waals surface area contributed by atoms with Gasteiger partial charge in [-0.1, -0.05) is 42.5 Å². The van der Waals surface area contributed by atoms with Gasteiger partial charge in [-0.2, -0.15) is 0 Å². The standard InChI is InChI=1S/C31H27N5O5/c1-18-28(26(37)14-9-19-7-10-21(11-8-19)30(32)33)23-16-22(12-13-24(23)35-18)41-31(40)36(17-27(38)39)25-6-2-4-20-5-3-15-34-29(20)25/h2-8,10-13,15-16,35H,9,14,17H2,1H3,(H3,32,33)(H,38,39). The number of nitrogens with two attached hydrogens (primary N) is 1. The molecule has 0 radical (unpaired) electrons. The highest BCUT2D eigenvalue weighted by Crippen LogP contribution is 2.30. The number of nitrogen functional groups attached to an aromatic ring is 1. The smallest absolute Gasteiger partial charge is 0.420 e. The third-order valence-corrected chi connectivity index (χ3v) is 6.76. The van der Waals surface area contributed by atoms with Crippen LogP contribution in [0.1, 0.15) is 33.6 Å². The van der Waals surface area contributed by atoms with Crippen molar-refractivity contribution in [2.24, 2.45) is 5.73 Å². The molecule has 5 aromatic rings. The van der Waals surface area contributed by atoms with E-state index >= 15 is 0 Å². The van der Waals surface area contributed by atoms with E-state index in [9.17, 15) is 19.5 Å². The van der Waals surface area contributed by atoms with Gasteiger partial charge in [0.15, 0.2) is 5.78 Å². The Balaban J connectivity index is 1.39. The maximum atomic E-state index is 13.3. The van der Waals surface area contributed by atoms with Crippen LogP contribution in [0, 0.1) is 12.3 Å². The predicted molar refractivity (Wildman–Crippen MR) is 156 cm³/mol. The number of ether oxygens (including phenoxy) is 1. The lowest BCUT2D eigenvalue weighted by molar-refractivity contribution is -0.135. The van der Waals surface area contributed by atoms with E-state index in [0.717, 1.165) is 15.8 Å². The van der Waals surface area contributed by atoms with Crippen LogP contribution >= 0.6 is 0 Å². The normalized spacial score (nSPS) is 11.0. The zero-order valence-corrected chi connectivity index (χ0v) is 22.2. The number of Topliss-reactive ketones (excluding diaryl/α,β-unsaturated/α-hetero) is 1. The summed E-state index contributed by atoms with van der Waals surface area (Å²) in [7, 11) is 0. The summed E-state index contributed by atoms with van der Waals surface area (Å²) >= 11 is 0. The number of ketones is 1. The van der Waals surface area contributed by atoms with Crippen LogP contribution in [-0.4, -0.2) is 45.3 Å². The fraction of sp³-hybridized carbons (Fsp3) is 0.129. The fourth-order valence-corrected chi connectivity index (χ4v) is 4.81. The van der Waals surface area contributed by atoms with Gasteiger partial charge >= 0.3 is 12.1 Å². The molecule has 2 heterocycles. The number of nitrogens with one attached hydrogen (secondary N) is 2. The van der Waals surface area contributed by atoms with Gasteiger partial charge in [0.1, 0.15) is 18.1 Å². The Morgan fingerprint density at radius 2 is 1.80 bits per heavy atom. The molecule has 5 rings (SSSR count). The molecule has 10 heteroatoms. The third kappa shape index (κ3) is 5.76. The Kier molecular flexibility index (Phi) is 7.47. The van der Waals surface area contributed by atoms with Crippen LogP contribution in [0.3, 0.4) is 0 Å². The summed E-state index contributed by atoms with van der Waals surface area (Å²) in [4.78, 5) is 46.8. The molecule has 0 fully saturated rings. The number of hydrogen-bond donors (Lipinski definition) is 4. The molecule has 206 valence electrons. The second-order valence-electron chi connectivity index (χ2n) is 9.57. The second kappa shape index (κ2) is 11.3. The number of aromatic nitrogens is 2. The van der Waals surface area contributed by atoms with Crippen LogP contribution in [0.5, 0.6) is 5.75 Å². The molecule has 0 atom stereocenters. The number of nitrogens with zero attached hydrogens (tertiary/aromatic N) is 2. The molecular weight excluding hydrogens is 522 g/mol. The number of carbonyl (C=O) groups is 3. The number of amides is 1. The van der Waals surface area contributed by atoms with Crippen LogP contribution in [0.15, 0.2) is 79.0 Å². The third-order valence-electron chi connectivity index (χ3n) is 6.76. The Bertz CT molecular complexity index is 1800. The van der Waals surface area contributed by atoms with Gasteiger partial charge < -0.3 is 20.6 Å². The molecule has 5 N–H and O–H groups in total. The first-order chi connectivity index (χ1) is 19.7. The van der Waals surface area contributed by atoms with E-state index in [1.54, 1.807) is 54.7 Å². The van der Waals surface area contributed by atoms with Gasteiger partial charge in [-0.15, -0.1) is 0 Å². The number of para-hydroxylation sites is 1. The summed E-state index contributed by atoms with van der Waals surface area (Å²) in [5, 5.41) is 18.4. The van der Waals surface area contributed by atoms with E-state index in [4.69, 9.17) is 15.9 Å². The highest BCUT2D eigenvalue weighted by Gasteiger charge is 2.24. The number of benzene rings is 3. The number of anilines is 1. The summed E-state index contributed by atoms with van der Waals surface area (Å²) in [6.45, 7) is 1.18. The molecule has 0 aliphatic heterocycles. The van der Waals surface area contributed by atoms with Gasteiger partial charge in [-0.05, 0) is 49.2 Å². The Morgan fingerprint density at radius 3 is 2.54 bits per heavy atom. The molecule has 0 saturated heterocycles.